The predicted octanol–water partition coefficient (Wildman–Crippen LogP) is -0.492. The Hall–Kier alpha value is -0.490. The van der Waals surface area contributed by atoms with Crippen molar-refractivity contribution in [1.82, 2.24) is 19.4 Å². The Labute approximate surface area is 130 Å². The van der Waals surface area contributed by atoms with Crippen molar-refractivity contribution in [2.24, 2.45) is 7.05 Å². The standard InChI is InChI=1S/C6H12N2.C4H6N2.C2H5Br.BrH/c1-3-8-5-4-7(2)6-8;1-6-3-2-5-4-6;1-2-3;/h4-5H,3,6H2,1-2H3;2-4H,1H3;2H2,1H3;1H/p-1. The van der Waals surface area contributed by atoms with Crippen LogP contribution in [0.1, 0.15) is 13.8 Å². The van der Waals surface area contributed by atoms with Crippen LogP contribution in [-0.2, 0) is 7.05 Å². The first kappa shape index (κ1) is 19.8. The molecule has 1 aliphatic heterocycles. The van der Waals surface area contributed by atoms with Crippen molar-refractivity contribution in [2.75, 3.05) is 25.6 Å². The zero-order valence-corrected chi connectivity index (χ0v) is 14.7. The third-order valence-corrected chi connectivity index (χ3v) is 1.98. The molecule has 18 heavy (non-hydrogen) atoms. The second kappa shape index (κ2) is 13.0. The zero-order valence-electron chi connectivity index (χ0n) is 11.6. The van der Waals surface area contributed by atoms with Gasteiger partial charge in [-0.3, -0.25) is 0 Å². The molecule has 0 aromatic carbocycles. The molecule has 0 atom stereocenters. The summed E-state index contributed by atoms with van der Waals surface area (Å²) in [5.74, 6) is 0. The molecular weight excluding hydrogens is 360 g/mol. The Morgan fingerprint density at radius 2 is 1.83 bits per heavy atom. The highest BCUT2D eigenvalue weighted by atomic mass is 79.9. The molecule has 6 heteroatoms. The van der Waals surface area contributed by atoms with Crippen LogP contribution < -0.4 is 17.0 Å². The Morgan fingerprint density at radius 1 is 1.22 bits per heavy atom. The maximum atomic E-state index is 3.78. The van der Waals surface area contributed by atoms with E-state index in [1.807, 2.05) is 24.7 Å². The summed E-state index contributed by atoms with van der Waals surface area (Å²) in [7, 11) is 4.01. The summed E-state index contributed by atoms with van der Waals surface area (Å²) in [6.45, 7) is 6.36. The number of hydrogen-bond acceptors (Lipinski definition) is 3. The minimum atomic E-state index is 0. The highest BCUT2D eigenvalue weighted by Gasteiger charge is 2.03. The van der Waals surface area contributed by atoms with Gasteiger partial charge in [0.2, 0.25) is 0 Å². The second-order valence-electron chi connectivity index (χ2n) is 3.60. The zero-order chi connectivity index (χ0) is 13.1. The fourth-order valence-electron chi connectivity index (χ4n) is 1.12. The number of hydrogen-bond donors (Lipinski definition) is 0. The summed E-state index contributed by atoms with van der Waals surface area (Å²) in [5, 5.41) is 1.06. The molecule has 0 unspecified atom stereocenters. The molecule has 0 amide bonds. The SMILES string of the molecule is CCBr.CCN1C=CN(C)C1.Cn1ccnc1.[Br-]. The average Bonchev–Trinajstić information content (AvgIpc) is 2.91. The molecule has 0 aliphatic carbocycles. The average molecular weight is 383 g/mol. The van der Waals surface area contributed by atoms with Crippen LogP contribution in [0.4, 0.5) is 0 Å². The fraction of sp³-hybridized carbons (Fsp3) is 0.583. The van der Waals surface area contributed by atoms with Gasteiger partial charge in [-0.1, -0.05) is 22.9 Å². The van der Waals surface area contributed by atoms with Gasteiger partial charge in [0.1, 0.15) is 0 Å². The first-order valence-electron chi connectivity index (χ1n) is 5.74. The van der Waals surface area contributed by atoms with E-state index in [9.17, 15) is 0 Å². The number of aryl methyl sites for hydroxylation is 1. The van der Waals surface area contributed by atoms with E-state index in [2.05, 4.69) is 57.1 Å². The van der Waals surface area contributed by atoms with E-state index < -0.39 is 0 Å². The Morgan fingerprint density at radius 3 is 2.00 bits per heavy atom. The molecule has 1 aliphatic rings. The van der Waals surface area contributed by atoms with Crippen molar-refractivity contribution in [2.45, 2.75) is 13.8 Å². The normalized spacial score (nSPS) is 12.1. The molecule has 0 bridgehead atoms. The predicted molar refractivity (Wildman–Crippen MR) is 76.8 cm³/mol. The maximum Gasteiger partial charge on any atom is 0.0943 e. The lowest BCUT2D eigenvalue weighted by Crippen LogP contribution is -3.00. The number of halogens is 2. The summed E-state index contributed by atoms with van der Waals surface area (Å²) < 4.78 is 1.89. The van der Waals surface area contributed by atoms with E-state index >= 15 is 0 Å². The highest BCUT2D eigenvalue weighted by molar-refractivity contribution is 9.09. The van der Waals surface area contributed by atoms with Crippen LogP contribution in [0.2, 0.25) is 0 Å². The molecule has 0 radical (unpaired) electrons. The van der Waals surface area contributed by atoms with Gasteiger partial charge in [0, 0.05) is 50.8 Å². The lowest BCUT2D eigenvalue weighted by molar-refractivity contribution is -0.00000379. The summed E-state index contributed by atoms with van der Waals surface area (Å²) in [4.78, 5) is 8.19. The van der Waals surface area contributed by atoms with E-state index in [1.165, 1.54) is 0 Å². The van der Waals surface area contributed by atoms with Gasteiger partial charge in [0.05, 0.1) is 13.0 Å². The lowest BCUT2D eigenvalue weighted by atomic mass is 10.6. The fourth-order valence-corrected chi connectivity index (χ4v) is 1.12. The lowest BCUT2D eigenvalue weighted by Gasteiger charge is -2.14. The van der Waals surface area contributed by atoms with Crippen molar-refractivity contribution >= 4 is 15.9 Å². The third-order valence-electron chi connectivity index (χ3n) is 1.98. The van der Waals surface area contributed by atoms with Crippen LogP contribution in [0.5, 0.6) is 0 Å². The van der Waals surface area contributed by atoms with Crippen molar-refractivity contribution < 1.29 is 17.0 Å². The Balaban J connectivity index is 0. The monoisotopic (exact) mass is 381 g/mol. The summed E-state index contributed by atoms with van der Waals surface area (Å²) in [5.41, 5.74) is 0. The molecule has 0 saturated heterocycles. The molecule has 0 spiro atoms. The first-order chi connectivity index (χ1) is 8.13. The van der Waals surface area contributed by atoms with E-state index in [1.54, 1.807) is 12.5 Å². The van der Waals surface area contributed by atoms with Crippen LogP contribution in [-0.4, -0.2) is 44.9 Å². The molecule has 106 valence electrons. The van der Waals surface area contributed by atoms with E-state index in [-0.39, 0.29) is 17.0 Å². The minimum absolute atomic E-state index is 0. The topological polar surface area (TPSA) is 24.3 Å². The van der Waals surface area contributed by atoms with Crippen molar-refractivity contribution in [3.63, 3.8) is 0 Å². The van der Waals surface area contributed by atoms with Crippen LogP contribution in [0, 0.1) is 0 Å². The van der Waals surface area contributed by atoms with Crippen LogP contribution in [0.3, 0.4) is 0 Å². The molecule has 0 fully saturated rings. The molecule has 4 nitrogen and oxygen atoms in total. The summed E-state index contributed by atoms with van der Waals surface area (Å²) in [6.07, 6.45) is 9.59. The molecule has 2 heterocycles. The van der Waals surface area contributed by atoms with Gasteiger partial charge in [0.15, 0.2) is 0 Å². The van der Waals surface area contributed by atoms with Gasteiger partial charge in [-0.2, -0.15) is 0 Å². The van der Waals surface area contributed by atoms with Gasteiger partial charge in [0.25, 0.3) is 0 Å². The molecule has 1 aromatic rings. The van der Waals surface area contributed by atoms with Crippen molar-refractivity contribution in [1.29, 1.82) is 0 Å². The van der Waals surface area contributed by atoms with Crippen molar-refractivity contribution in [3.8, 4) is 0 Å². The quantitative estimate of drug-likeness (QED) is 0.612. The number of alkyl halides is 1. The molecule has 2 rings (SSSR count). The van der Waals surface area contributed by atoms with Gasteiger partial charge >= 0.3 is 0 Å². The largest absolute Gasteiger partial charge is 1.00 e. The second-order valence-corrected chi connectivity index (χ2v) is 4.72. The minimum Gasteiger partial charge on any atom is -1.00 e. The number of rotatable bonds is 1. The summed E-state index contributed by atoms with van der Waals surface area (Å²) >= 11 is 3.15. The van der Waals surface area contributed by atoms with Gasteiger partial charge in [-0.05, 0) is 6.92 Å². The van der Waals surface area contributed by atoms with Crippen LogP contribution in [0.15, 0.2) is 31.1 Å². The number of imidazole rings is 1. The van der Waals surface area contributed by atoms with Crippen molar-refractivity contribution in [3.05, 3.63) is 31.1 Å². The van der Waals surface area contributed by atoms with E-state index in [0.29, 0.717) is 0 Å². The molecule has 1 aromatic heterocycles. The van der Waals surface area contributed by atoms with Gasteiger partial charge < -0.3 is 31.3 Å². The smallest absolute Gasteiger partial charge is 0.0943 e. The van der Waals surface area contributed by atoms with Crippen LogP contribution in [0.25, 0.3) is 0 Å². The van der Waals surface area contributed by atoms with Crippen LogP contribution >= 0.6 is 15.9 Å². The summed E-state index contributed by atoms with van der Waals surface area (Å²) in [6, 6.07) is 0. The Kier molecular flexibility index (Phi) is 14.3. The van der Waals surface area contributed by atoms with Gasteiger partial charge in [-0.25, -0.2) is 4.98 Å². The third kappa shape index (κ3) is 10.7. The molecule has 0 saturated carbocycles. The van der Waals surface area contributed by atoms with E-state index in [4.69, 9.17) is 0 Å². The molecular formula is C12H23Br2N4-. The number of aromatic nitrogens is 2. The van der Waals surface area contributed by atoms with Gasteiger partial charge in [-0.15, -0.1) is 0 Å². The first-order valence-corrected chi connectivity index (χ1v) is 6.86. The Bertz CT molecular complexity index is 288. The molecule has 0 N–H and O–H groups in total. The highest BCUT2D eigenvalue weighted by Crippen LogP contribution is 2.00. The maximum absolute atomic E-state index is 3.78. The number of nitrogens with zero attached hydrogens (tertiary/aromatic N) is 4. The van der Waals surface area contributed by atoms with E-state index in [0.717, 1.165) is 18.5 Å².